The molecule has 1 aromatic carbocycles. The third-order valence-corrected chi connectivity index (χ3v) is 6.88. The second-order valence-corrected chi connectivity index (χ2v) is 9.56. The van der Waals surface area contributed by atoms with Gasteiger partial charge in [-0.1, -0.05) is 48.0 Å². The van der Waals surface area contributed by atoms with Crippen LogP contribution in [-0.2, 0) is 22.5 Å². The average molecular weight is 490 g/mol. The molecule has 32 heavy (non-hydrogen) atoms. The van der Waals surface area contributed by atoms with Crippen LogP contribution in [0, 0.1) is 0 Å². The number of rotatable bonds is 11. The van der Waals surface area contributed by atoms with E-state index < -0.39 is 17.2 Å². The first kappa shape index (κ1) is 24.1. The van der Waals surface area contributed by atoms with Gasteiger partial charge in [-0.3, -0.25) is 18.3 Å². The van der Waals surface area contributed by atoms with Crippen LogP contribution in [0.2, 0.25) is 4.34 Å². The molecule has 0 amide bonds. The van der Waals surface area contributed by atoms with E-state index in [1.165, 1.54) is 15.6 Å². The molecule has 0 fully saturated rings. The first-order chi connectivity index (χ1) is 15.4. The van der Waals surface area contributed by atoms with E-state index in [1.54, 1.807) is 24.5 Å². The molecule has 3 rings (SSSR count). The van der Waals surface area contributed by atoms with Gasteiger partial charge >= 0.3 is 5.97 Å². The molecule has 1 atom stereocenters. The molecule has 168 valence electrons. The summed E-state index contributed by atoms with van der Waals surface area (Å²) in [6.45, 7) is 0.312. The molecule has 0 aliphatic heterocycles. The number of carbonyl (C=O) groups is 1. The van der Waals surface area contributed by atoms with Crippen LogP contribution in [0.15, 0.2) is 67.0 Å². The quantitative estimate of drug-likeness (QED) is 0.290. The minimum Gasteiger partial charge on any atom is -0.755 e. The van der Waals surface area contributed by atoms with Crippen molar-refractivity contribution in [2.75, 3.05) is 10.8 Å². The van der Waals surface area contributed by atoms with Gasteiger partial charge in [0.15, 0.2) is 0 Å². The van der Waals surface area contributed by atoms with Gasteiger partial charge in [-0.25, -0.2) is 0 Å². The number of halogens is 1. The molecule has 0 aliphatic carbocycles. The molecule has 6 nitrogen and oxygen atoms in total. The minimum atomic E-state index is -2.38. The van der Waals surface area contributed by atoms with Crippen molar-refractivity contribution in [3.63, 3.8) is 0 Å². The van der Waals surface area contributed by atoms with Gasteiger partial charge < -0.3 is 9.66 Å². The first-order valence-electron chi connectivity index (χ1n) is 9.98. The highest BCUT2D eigenvalue weighted by Crippen LogP contribution is 2.30. The zero-order valence-corrected chi connectivity index (χ0v) is 19.5. The first-order valence-corrected chi connectivity index (χ1v) is 12.2. The Kier molecular flexibility index (Phi) is 8.99. The SMILES string of the molecule is O=C(O)CCCC=C(c1ccc(CCN(c2ccc(Cl)s2)S(=O)[O-])cc1)c1cccnc1. The number of carboxylic acids is 1. The van der Waals surface area contributed by atoms with E-state index in [9.17, 15) is 13.6 Å². The number of aliphatic carboxylic acids is 1. The van der Waals surface area contributed by atoms with Gasteiger partial charge in [0, 0.05) is 42.2 Å². The van der Waals surface area contributed by atoms with E-state index in [4.69, 9.17) is 16.7 Å². The van der Waals surface area contributed by atoms with Crippen molar-refractivity contribution in [2.45, 2.75) is 25.7 Å². The summed E-state index contributed by atoms with van der Waals surface area (Å²) in [6, 6.07) is 15.1. The highest BCUT2D eigenvalue weighted by Gasteiger charge is 2.11. The van der Waals surface area contributed by atoms with Gasteiger partial charge in [0.1, 0.15) is 5.00 Å². The number of hydrogen-bond acceptors (Lipinski definition) is 5. The number of unbranched alkanes of at least 4 members (excludes halogenated alkanes) is 1. The molecule has 0 bridgehead atoms. The fraction of sp³-hybridized carbons (Fsp3) is 0.217. The Balaban J connectivity index is 1.72. The summed E-state index contributed by atoms with van der Waals surface area (Å²) in [5.41, 5.74) is 3.94. The Morgan fingerprint density at radius 2 is 1.97 bits per heavy atom. The minimum absolute atomic E-state index is 0.128. The predicted octanol–water partition coefficient (Wildman–Crippen LogP) is 5.33. The number of hydrogen-bond donors (Lipinski definition) is 1. The van der Waals surface area contributed by atoms with Crippen LogP contribution >= 0.6 is 22.9 Å². The van der Waals surface area contributed by atoms with E-state index in [1.807, 2.05) is 42.5 Å². The maximum Gasteiger partial charge on any atom is 0.303 e. The van der Waals surface area contributed by atoms with Crippen molar-refractivity contribution in [1.29, 1.82) is 0 Å². The van der Waals surface area contributed by atoms with Crippen molar-refractivity contribution in [2.24, 2.45) is 0 Å². The monoisotopic (exact) mass is 489 g/mol. The summed E-state index contributed by atoms with van der Waals surface area (Å²) in [6.07, 6.45) is 7.42. The summed E-state index contributed by atoms with van der Waals surface area (Å²) >= 11 is 4.78. The fourth-order valence-electron chi connectivity index (χ4n) is 3.20. The van der Waals surface area contributed by atoms with Crippen LogP contribution in [0.25, 0.3) is 5.57 Å². The van der Waals surface area contributed by atoms with E-state index >= 15 is 0 Å². The summed E-state index contributed by atoms with van der Waals surface area (Å²) in [4.78, 5) is 15.0. The molecular formula is C23H22ClN2O4S2-. The van der Waals surface area contributed by atoms with Gasteiger partial charge in [-0.2, -0.15) is 0 Å². The zero-order valence-electron chi connectivity index (χ0n) is 17.1. The van der Waals surface area contributed by atoms with E-state index in [0.717, 1.165) is 22.3 Å². The van der Waals surface area contributed by atoms with Gasteiger partial charge in [0.2, 0.25) is 0 Å². The molecule has 2 aromatic heterocycles. The molecular weight excluding hydrogens is 468 g/mol. The third-order valence-electron chi connectivity index (χ3n) is 4.77. The van der Waals surface area contributed by atoms with Crippen LogP contribution in [0.3, 0.4) is 0 Å². The summed E-state index contributed by atoms with van der Waals surface area (Å²) in [5, 5.41) is 9.45. The van der Waals surface area contributed by atoms with E-state index in [2.05, 4.69) is 4.98 Å². The van der Waals surface area contributed by atoms with E-state index in [-0.39, 0.29) is 6.42 Å². The lowest BCUT2D eigenvalue weighted by molar-refractivity contribution is -0.137. The van der Waals surface area contributed by atoms with Crippen molar-refractivity contribution < 1.29 is 18.7 Å². The molecule has 2 heterocycles. The van der Waals surface area contributed by atoms with Crippen LogP contribution in [0.5, 0.6) is 0 Å². The molecule has 1 unspecified atom stereocenters. The number of pyridine rings is 1. The molecule has 3 aromatic rings. The molecule has 0 aliphatic rings. The van der Waals surface area contributed by atoms with Gasteiger partial charge in [-0.15, -0.1) is 11.3 Å². The number of aromatic nitrogens is 1. The molecule has 0 saturated heterocycles. The topological polar surface area (TPSA) is 93.6 Å². The normalized spacial score (nSPS) is 12.5. The van der Waals surface area contributed by atoms with Crippen molar-refractivity contribution >= 4 is 50.7 Å². The zero-order chi connectivity index (χ0) is 22.9. The standard InChI is InChI=1S/C23H23ClN2O4S2/c24-21-11-12-22(31-21)26(32(29)30)15-13-17-7-9-18(10-8-17)20(5-1-2-6-23(27)28)19-4-3-14-25-16-19/h3-5,7-12,14,16H,1-2,6,13,15H2,(H,27,28)(H,29,30)/p-1. The van der Waals surface area contributed by atoms with Gasteiger partial charge in [-0.05, 0) is 54.2 Å². The van der Waals surface area contributed by atoms with Crippen molar-refractivity contribution in [3.8, 4) is 0 Å². The molecule has 1 N–H and O–H groups in total. The second kappa shape index (κ2) is 11.9. The number of carboxylic acid groups (broad SMARTS) is 1. The van der Waals surface area contributed by atoms with Crippen LogP contribution < -0.4 is 4.31 Å². The Hall–Kier alpha value is -2.52. The maximum atomic E-state index is 11.6. The maximum absolute atomic E-state index is 11.6. The molecule has 0 spiro atoms. The Labute approximate surface area is 198 Å². The number of allylic oxidation sites excluding steroid dienone is 1. The Bertz CT molecular complexity index is 1080. The lowest BCUT2D eigenvalue weighted by atomic mass is 9.96. The lowest BCUT2D eigenvalue weighted by Gasteiger charge is -2.24. The fourth-order valence-corrected chi connectivity index (χ4v) is 4.91. The summed E-state index contributed by atoms with van der Waals surface area (Å²) in [7, 11) is 0. The molecule has 9 heteroatoms. The van der Waals surface area contributed by atoms with Crippen LogP contribution in [0.1, 0.15) is 36.0 Å². The molecule has 0 saturated carbocycles. The van der Waals surface area contributed by atoms with Crippen LogP contribution in [-0.4, -0.2) is 31.4 Å². The average Bonchev–Trinajstić information content (AvgIpc) is 3.20. The second-order valence-electron chi connectivity index (χ2n) is 6.99. The predicted molar refractivity (Wildman–Crippen MR) is 129 cm³/mol. The largest absolute Gasteiger partial charge is 0.755 e. The van der Waals surface area contributed by atoms with E-state index in [0.29, 0.717) is 35.1 Å². The Morgan fingerprint density at radius 3 is 2.56 bits per heavy atom. The van der Waals surface area contributed by atoms with Crippen molar-refractivity contribution in [1.82, 2.24) is 4.98 Å². The summed E-state index contributed by atoms with van der Waals surface area (Å²) in [5.74, 6) is -0.802. The number of anilines is 1. The lowest BCUT2D eigenvalue weighted by Crippen LogP contribution is -2.26. The van der Waals surface area contributed by atoms with Crippen molar-refractivity contribution in [3.05, 3.63) is 88.0 Å². The smallest absolute Gasteiger partial charge is 0.303 e. The third kappa shape index (κ3) is 7.00. The highest BCUT2D eigenvalue weighted by atomic mass is 35.5. The molecule has 0 radical (unpaired) electrons. The summed E-state index contributed by atoms with van der Waals surface area (Å²) < 4.78 is 25.1. The van der Waals surface area contributed by atoms with Gasteiger partial charge in [0.05, 0.1) is 4.34 Å². The van der Waals surface area contributed by atoms with Gasteiger partial charge in [0.25, 0.3) is 0 Å². The Morgan fingerprint density at radius 1 is 1.19 bits per heavy atom. The number of thiophene rings is 1. The van der Waals surface area contributed by atoms with Crippen LogP contribution in [0.4, 0.5) is 5.00 Å². The number of benzene rings is 1. The highest BCUT2D eigenvalue weighted by molar-refractivity contribution is 7.81. The number of nitrogens with zero attached hydrogens (tertiary/aromatic N) is 2.